The van der Waals surface area contributed by atoms with Gasteiger partial charge in [-0.05, 0) is 53.1 Å². The number of ether oxygens (including phenoxy) is 2. The quantitative estimate of drug-likeness (QED) is 0.684. The first-order valence-electron chi connectivity index (χ1n) is 7.67. The van der Waals surface area contributed by atoms with E-state index in [1.165, 1.54) is 7.11 Å². The van der Waals surface area contributed by atoms with Gasteiger partial charge in [-0.1, -0.05) is 0 Å². The maximum atomic E-state index is 11.7. The van der Waals surface area contributed by atoms with Crippen molar-refractivity contribution < 1.29 is 14.3 Å². The summed E-state index contributed by atoms with van der Waals surface area (Å²) in [6.07, 6.45) is 4.46. The molecule has 1 saturated heterocycles. The van der Waals surface area contributed by atoms with Gasteiger partial charge in [-0.2, -0.15) is 0 Å². The molecular formula is C15H30N2O3. The van der Waals surface area contributed by atoms with Crippen molar-refractivity contribution in [3.8, 4) is 0 Å². The maximum absolute atomic E-state index is 11.7. The molecule has 0 aromatic carbocycles. The first kappa shape index (κ1) is 17.4. The van der Waals surface area contributed by atoms with Gasteiger partial charge in [0.1, 0.15) is 5.54 Å². The van der Waals surface area contributed by atoms with E-state index in [0.29, 0.717) is 6.10 Å². The van der Waals surface area contributed by atoms with Crippen LogP contribution in [0.5, 0.6) is 0 Å². The van der Waals surface area contributed by atoms with Crippen molar-refractivity contribution in [2.45, 2.75) is 51.2 Å². The minimum absolute atomic E-state index is 0.185. The molecule has 5 heteroatoms. The molecule has 118 valence electrons. The number of hydrogen-bond acceptors (Lipinski definition) is 5. The number of piperidine rings is 1. The molecule has 1 heterocycles. The lowest BCUT2D eigenvalue weighted by Crippen LogP contribution is -2.48. The van der Waals surface area contributed by atoms with E-state index in [-0.39, 0.29) is 5.97 Å². The first-order valence-corrected chi connectivity index (χ1v) is 7.67. The maximum Gasteiger partial charge on any atom is 0.325 e. The molecule has 0 spiro atoms. The van der Waals surface area contributed by atoms with Crippen molar-refractivity contribution in [3.05, 3.63) is 0 Å². The second-order valence-corrected chi connectivity index (χ2v) is 5.67. The Morgan fingerprint density at radius 3 is 2.55 bits per heavy atom. The highest BCUT2D eigenvalue weighted by Crippen LogP contribution is 2.17. The van der Waals surface area contributed by atoms with Crippen LogP contribution in [0.3, 0.4) is 0 Å². The highest BCUT2D eigenvalue weighted by molar-refractivity contribution is 5.80. The zero-order valence-electron chi connectivity index (χ0n) is 13.4. The number of carbonyl (C=O) groups excluding carboxylic acids is 1. The summed E-state index contributed by atoms with van der Waals surface area (Å²) in [4.78, 5) is 14.2. The van der Waals surface area contributed by atoms with Crippen LogP contribution >= 0.6 is 0 Å². The van der Waals surface area contributed by atoms with Crippen LogP contribution in [0, 0.1) is 0 Å². The molecule has 1 unspecified atom stereocenters. The third kappa shape index (κ3) is 5.04. The van der Waals surface area contributed by atoms with Crippen LogP contribution < -0.4 is 5.32 Å². The molecule has 1 aliphatic heterocycles. The molecule has 0 amide bonds. The Morgan fingerprint density at radius 1 is 1.40 bits per heavy atom. The van der Waals surface area contributed by atoms with Gasteiger partial charge < -0.3 is 19.7 Å². The van der Waals surface area contributed by atoms with E-state index in [1.54, 1.807) is 0 Å². The van der Waals surface area contributed by atoms with Crippen LogP contribution in [0.4, 0.5) is 0 Å². The summed E-state index contributed by atoms with van der Waals surface area (Å²) in [5, 5.41) is 3.08. The predicted octanol–water partition coefficient (Wildman–Crippen LogP) is 1.42. The molecule has 1 atom stereocenters. The second-order valence-electron chi connectivity index (χ2n) is 5.67. The van der Waals surface area contributed by atoms with Gasteiger partial charge in [-0.3, -0.25) is 4.79 Å². The van der Waals surface area contributed by atoms with Gasteiger partial charge in [-0.25, -0.2) is 0 Å². The summed E-state index contributed by atoms with van der Waals surface area (Å²) in [6.45, 7) is 7.99. The van der Waals surface area contributed by atoms with E-state index in [4.69, 9.17) is 9.47 Å². The average Bonchev–Trinajstić information content (AvgIpc) is 2.48. The van der Waals surface area contributed by atoms with E-state index in [1.807, 2.05) is 14.0 Å². The average molecular weight is 286 g/mol. The number of likely N-dealkylation sites (N-methyl/N-ethyl adjacent to an activating group) is 1. The number of nitrogens with one attached hydrogen (secondary N) is 1. The van der Waals surface area contributed by atoms with Gasteiger partial charge in [0.15, 0.2) is 0 Å². The first-order chi connectivity index (χ1) is 9.55. The third-order valence-electron chi connectivity index (χ3n) is 4.28. The molecule has 1 N–H and O–H groups in total. The minimum atomic E-state index is -0.571. The fraction of sp³-hybridized carbons (Fsp3) is 0.933. The van der Waals surface area contributed by atoms with Crippen LogP contribution in [-0.4, -0.2) is 62.9 Å². The smallest absolute Gasteiger partial charge is 0.325 e. The molecule has 1 rings (SSSR count). The molecule has 0 aliphatic carbocycles. The Balaban J connectivity index is 2.26. The minimum Gasteiger partial charge on any atom is -0.468 e. The Labute approximate surface area is 123 Å². The molecule has 0 saturated carbocycles. The molecule has 0 aromatic rings. The summed E-state index contributed by atoms with van der Waals surface area (Å²) in [5.74, 6) is -0.185. The van der Waals surface area contributed by atoms with Crippen LogP contribution in [0.15, 0.2) is 0 Å². The third-order valence-corrected chi connectivity index (χ3v) is 4.28. The second kappa shape index (κ2) is 8.60. The van der Waals surface area contributed by atoms with E-state index in [9.17, 15) is 4.79 Å². The Hall–Kier alpha value is -0.650. The highest BCUT2D eigenvalue weighted by atomic mass is 16.5. The van der Waals surface area contributed by atoms with E-state index < -0.39 is 5.54 Å². The lowest BCUT2D eigenvalue weighted by Gasteiger charge is -2.33. The van der Waals surface area contributed by atoms with Crippen molar-refractivity contribution in [2.24, 2.45) is 0 Å². The van der Waals surface area contributed by atoms with Gasteiger partial charge in [0.05, 0.1) is 13.2 Å². The Bertz CT molecular complexity index is 291. The monoisotopic (exact) mass is 286 g/mol. The fourth-order valence-electron chi connectivity index (χ4n) is 2.75. The summed E-state index contributed by atoms with van der Waals surface area (Å²) >= 11 is 0. The van der Waals surface area contributed by atoms with Crippen molar-refractivity contribution in [1.82, 2.24) is 10.2 Å². The largest absolute Gasteiger partial charge is 0.468 e. The van der Waals surface area contributed by atoms with Crippen LogP contribution in [-0.2, 0) is 14.3 Å². The molecule has 5 nitrogen and oxygen atoms in total. The van der Waals surface area contributed by atoms with E-state index >= 15 is 0 Å². The molecule has 0 radical (unpaired) electrons. The predicted molar refractivity (Wildman–Crippen MR) is 79.8 cm³/mol. The molecule has 1 aliphatic rings. The molecule has 0 aromatic heterocycles. The normalized spacial score (nSPS) is 20.6. The molecule has 1 fully saturated rings. The van der Waals surface area contributed by atoms with Gasteiger partial charge in [0.25, 0.3) is 0 Å². The highest BCUT2D eigenvalue weighted by Gasteiger charge is 2.32. The zero-order chi connectivity index (χ0) is 15.0. The van der Waals surface area contributed by atoms with Crippen molar-refractivity contribution in [3.63, 3.8) is 0 Å². The number of esters is 1. The number of methoxy groups -OCH3 is 1. The lowest BCUT2D eigenvalue weighted by molar-refractivity contribution is -0.148. The molecular weight excluding hydrogens is 256 g/mol. The lowest BCUT2D eigenvalue weighted by atomic mass is 9.95. The van der Waals surface area contributed by atoms with Gasteiger partial charge in [0.2, 0.25) is 0 Å². The standard InChI is InChI=1S/C15H30N2O3/c1-5-20-13-7-11-17(12-8-13)10-6-9-15(2,16-3)14(18)19-4/h13,16H,5-12H2,1-4H3. The van der Waals surface area contributed by atoms with Gasteiger partial charge in [-0.15, -0.1) is 0 Å². The number of likely N-dealkylation sites (tertiary alicyclic amines) is 1. The topological polar surface area (TPSA) is 50.8 Å². The van der Waals surface area contributed by atoms with Crippen molar-refractivity contribution in [2.75, 3.05) is 40.4 Å². The summed E-state index contributed by atoms with van der Waals surface area (Å²) in [7, 11) is 3.25. The number of nitrogens with zero attached hydrogens (tertiary/aromatic N) is 1. The van der Waals surface area contributed by atoms with Gasteiger partial charge in [0, 0.05) is 19.7 Å². The van der Waals surface area contributed by atoms with E-state index in [0.717, 1.165) is 51.9 Å². The fourth-order valence-corrected chi connectivity index (χ4v) is 2.75. The van der Waals surface area contributed by atoms with Crippen LogP contribution in [0.25, 0.3) is 0 Å². The van der Waals surface area contributed by atoms with Crippen LogP contribution in [0.1, 0.15) is 39.5 Å². The van der Waals surface area contributed by atoms with Gasteiger partial charge >= 0.3 is 5.97 Å². The molecule has 0 bridgehead atoms. The van der Waals surface area contributed by atoms with Crippen molar-refractivity contribution in [1.29, 1.82) is 0 Å². The summed E-state index contributed by atoms with van der Waals surface area (Å²) in [6, 6.07) is 0. The number of rotatable bonds is 8. The van der Waals surface area contributed by atoms with Crippen molar-refractivity contribution >= 4 is 5.97 Å². The van der Waals surface area contributed by atoms with E-state index in [2.05, 4.69) is 17.1 Å². The number of hydrogen-bond donors (Lipinski definition) is 1. The Morgan fingerprint density at radius 2 is 2.05 bits per heavy atom. The summed E-state index contributed by atoms with van der Waals surface area (Å²) < 4.78 is 10.5. The molecule has 20 heavy (non-hydrogen) atoms. The number of carbonyl (C=O) groups is 1. The SMILES string of the molecule is CCOC1CCN(CCCC(C)(NC)C(=O)OC)CC1. The Kier molecular flexibility index (Phi) is 7.48. The zero-order valence-corrected chi connectivity index (χ0v) is 13.4. The van der Waals surface area contributed by atoms with Crippen LogP contribution in [0.2, 0.25) is 0 Å². The summed E-state index contributed by atoms with van der Waals surface area (Å²) in [5.41, 5.74) is -0.571.